The zero-order valence-corrected chi connectivity index (χ0v) is 49.9. The van der Waals surface area contributed by atoms with Crippen LogP contribution < -0.4 is 36.9 Å². The number of carbonyl (C=O) groups is 7. The molecule has 4 heterocycles. The Morgan fingerprint density at radius 1 is 0.713 bits per heavy atom. The fraction of sp³-hybridized carbons (Fsp3) is 0.339. The number of anilines is 2. The molecule has 0 spiro atoms. The van der Waals surface area contributed by atoms with Crippen LogP contribution >= 0.6 is 0 Å². The number of aryl methyl sites for hydroxylation is 4. The molecular formula is C62H70N14O11. The number of carbonyl (C=O) groups excluding carboxylic acids is 7. The number of ether oxygens (including phenoxy) is 4. The van der Waals surface area contributed by atoms with E-state index in [2.05, 4.69) is 26.1 Å². The van der Waals surface area contributed by atoms with Gasteiger partial charge in [-0.25, -0.2) is 14.8 Å². The summed E-state index contributed by atoms with van der Waals surface area (Å²) in [5.74, 6) is -3.43. The van der Waals surface area contributed by atoms with Crippen molar-refractivity contribution in [3.63, 3.8) is 0 Å². The van der Waals surface area contributed by atoms with Gasteiger partial charge in [0, 0.05) is 56.8 Å². The highest BCUT2D eigenvalue weighted by atomic mass is 16.6. The molecule has 0 saturated carbocycles. The maximum atomic E-state index is 14.2. The van der Waals surface area contributed by atoms with Crippen LogP contribution in [-0.4, -0.2) is 131 Å². The van der Waals surface area contributed by atoms with Crippen LogP contribution in [0.1, 0.15) is 118 Å². The minimum Gasteiger partial charge on any atom is -0.494 e. The lowest BCUT2D eigenvalue weighted by atomic mass is 9.98. The number of likely N-dealkylation sites (N-methyl/N-ethyl adjacent to an activating group) is 1. The first kappa shape index (κ1) is 61.2. The number of fused-ring (bicyclic) bond motifs is 5. The summed E-state index contributed by atoms with van der Waals surface area (Å²) in [5.41, 5.74) is 18.2. The molecule has 1 aliphatic rings. The van der Waals surface area contributed by atoms with Gasteiger partial charge >= 0.3 is 12.1 Å². The number of methoxy groups -OCH3 is 1. The normalized spacial score (nSPS) is 12.4. The van der Waals surface area contributed by atoms with E-state index in [0.29, 0.717) is 46.7 Å². The van der Waals surface area contributed by atoms with Crippen molar-refractivity contribution in [2.24, 2.45) is 11.5 Å². The van der Waals surface area contributed by atoms with Crippen LogP contribution in [0.4, 0.5) is 16.7 Å². The summed E-state index contributed by atoms with van der Waals surface area (Å²) >= 11 is 0. The molecule has 0 radical (unpaired) electrons. The number of rotatable bonds is 24. The van der Waals surface area contributed by atoms with Crippen molar-refractivity contribution in [1.82, 2.24) is 48.9 Å². The van der Waals surface area contributed by atoms with Gasteiger partial charge in [-0.3, -0.25) is 48.8 Å². The van der Waals surface area contributed by atoms with E-state index in [9.17, 15) is 33.6 Å². The Balaban J connectivity index is 0.970. The molecule has 0 bridgehead atoms. The highest BCUT2D eigenvalue weighted by Gasteiger charge is 2.33. The van der Waals surface area contributed by atoms with E-state index in [1.807, 2.05) is 62.4 Å². The number of nitrogens with one attached hydrogen (secondary N) is 3. The SMILES string of the molecule is CCn1nc(C)cc1C(=O)Nc1nc2cc(C(N)=O)cc(OC)c2n1C/C=C/Cn1c(NC(=O)c2cc(C)nn2CC)nc2cc(C(N)=O)cc(OCCCN(C)C(=O)[C@H](CC(=O)OC(C)(C)C)NC(=O)OCC3c4ccccc4-c4ccccc43)c21. The molecule has 454 valence electrons. The lowest BCUT2D eigenvalue weighted by Crippen LogP contribution is -2.49. The fourth-order valence-corrected chi connectivity index (χ4v) is 10.6. The van der Waals surface area contributed by atoms with E-state index < -0.39 is 59.7 Å². The Hall–Kier alpha value is -10.3. The standard InChI is InChI=1S/C62H70N14O11/c1-10-75-47(27-35(3)70-75)56(80)68-59-65-44-29-37(54(63)78)31-49(84-9)52(44)73(59)24-16-17-25-74-53-45(66-60(74)69-57(81)48-28-36(4)71-76(48)11-2)30-38(55(64)79)32-50(53)85-26-18-23-72(8)58(82)46(33-51(77)87-62(5,6)7)67-61(83)86-34-43-41-21-14-12-19-39(41)40-20-13-15-22-42(40)43/h12-17,19-22,27-32,43,46H,10-11,18,23-26,33-34H2,1-9H3,(H2,63,78)(H2,64,79)(H,67,83)(H,65,68,80)(H,66,69,81)/b17-16+/t46-/m0/s1. The van der Waals surface area contributed by atoms with E-state index in [0.717, 1.165) is 22.3 Å². The zero-order valence-electron chi connectivity index (χ0n) is 49.9. The molecule has 1 aliphatic carbocycles. The number of nitrogens with zero attached hydrogens (tertiary/aromatic N) is 9. The number of benzene rings is 4. The molecule has 9 rings (SSSR count). The van der Waals surface area contributed by atoms with Crippen LogP contribution in [0, 0.1) is 13.8 Å². The summed E-state index contributed by atoms with van der Waals surface area (Å²) in [5, 5.41) is 17.3. The molecule has 6 amide bonds. The molecule has 8 aromatic rings. The molecule has 1 atom stereocenters. The zero-order chi connectivity index (χ0) is 62.4. The van der Waals surface area contributed by atoms with Gasteiger partial charge in [-0.05, 0) is 114 Å². The van der Waals surface area contributed by atoms with Crippen molar-refractivity contribution in [2.75, 3.05) is 44.5 Å². The summed E-state index contributed by atoms with van der Waals surface area (Å²) < 4.78 is 30.0. The number of imidazole rings is 2. The van der Waals surface area contributed by atoms with Gasteiger partial charge < -0.3 is 49.8 Å². The molecule has 0 fully saturated rings. The molecule has 4 aromatic carbocycles. The number of alkyl carbamates (subject to hydrolysis) is 1. The molecule has 4 aromatic heterocycles. The van der Waals surface area contributed by atoms with Crippen LogP contribution in [-0.2, 0) is 45.2 Å². The van der Waals surface area contributed by atoms with E-state index in [4.69, 9.17) is 40.4 Å². The summed E-state index contributed by atoms with van der Waals surface area (Å²) in [6.45, 7) is 13.3. The van der Waals surface area contributed by atoms with Gasteiger partial charge in [-0.15, -0.1) is 0 Å². The number of hydrogen-bond donors (Lipinski definition) is 5. The molecular weight excluding hydrogens is 1120 g/mol. The van der Waals surface area contributed by atoms with Crippen molar-refractivity contribution in [3.05, 3.63) is 142 Å². The average molecular weight is 1190 g/mol. The van der Waals surface area contributed by atoms with E-state index in [1.54, 1.807) is 77.4 Å². The van der Waals surface area contributed by atoms with Gasteiger partial charge in [0.05, 0.1) is 42.6 Å². The van der Waals surface area contributed by atoms with Gasteiger partial charge in [-0.1, -0.05) is 60.7 Å². The molecule has 25 nitrogen and oxygen atoms in total. The summed E-state index contributed by atoms with van der Waals surface area (Å²) in [6.07, 6.45) is 2.40. The second-order valence-electron chi connectivity index (χ2n) is 21.8. The van der Waals surface area contributed by atoms with Gasteiger partial charge in [0.15, 0.2) is 0 Å². The van der Waals surface area contributed by atoms with Crippen LogP contribution in [0.15, 0.2) is 97.1 Å². The maximum absolute atomic E-state index is 14.2. The summed E-state index contributed by atoms with van der Waals surface area (Å²) in [4.78, 5) is 105. The lowest BCUT2D eigenvalue weighted by molar-refractivity contribution is -0.157. The first-order valence-electron chi connectivity index (χ1n) is 28.4. The average Bonchev–Trinajstić information content (AvgIpc) is 2.18. The molecule has 0 unspecified atom stereocenters. The Morgan fingerprint density at radius 2 is 1.21 bits per heavy atom. The second kappa shape index (κ2) is 25.9. The van der Waals surface area contributed by atoms with E-state index in [-0.39, 0.29) is 90.9 Å². The predicted octanol–water partition coefficient (Wildman–Crippen LogP) is 7.27. The van der Waals surface area contributed by atoms with E-state index in [1.165, 1.54) is 43.3 Å². The van der Waals surface area contributed by atoms with E-state index >= 15 is 0 Å². The largest absolute Gasteiger partial charge is 0.494 e. The molecule has 0 aliphatic heterocycles. The Morgan fingerprint density at radius 3 is 1.69 bits per heavy atom. The first-order chi connectivity index (χ1) is 41.5. The van der Waals surface area contributed by atoms with Gasteiger partial charge in [0.25, 0.3) is 11.8 Å². The minimum atomic E-state index is -1.36. The molecule has 87 heavy (non-hydrogen) atoms. The Labute approximate surface area is 500 Å². The molecule has 25 heteroatoms. The number of allylic oxidation sites excluding steroid dienone is 2. The topological polar surface area (TPSA) is 319 Å². The third kappa shape index (κ3) is 13.6. The predicted molar refractivity (Wildman–Crippen MR) is 324 cm³/mol. The molecule has 0 saturated heterocycles. The molecule has 7 N–H and O–H groups in total. The first-order valence-corrected chi connectivity index (χ1v) is 28.4. The van der Waals surface area contributed by atoms with Crippen molar-refractivity contribution >= 4 is 75.6 Å². The number of amides is 6. The highest BCUT2D eigenvalue weighted by molar-refractivity contribution is 6.05. The second-order valence-corrected chi connectivity index (χ2v) is 21.8. The number of nitrogens with two attached hydrogens (primary N) is 2. The Kier molecular flexibility index (Phi) is 18.2. The number of primary amides is 2. The summed E-state index contributed by atoms with van der Waals surface area (Å²) in [7, 11) is 2.96. The van der Waals surface area contributed by atoms with Crippen LogP contribution in [0.3, 0.4) is 0 Å². The number of aromatic nitrogens is 8. The van der Waals surface area contributed by atoms with Crippen LogP contribution in [0.25, 0.3) is 33.2 Å². The quantitative estimate of drug-likeness (QED) is 0.0226. The number of esters is 1. The van der Waals surface area contributed by atoms with Gasteiger partial charge in [0.1, 0.15) is 52.2 Å². The van der Waals surface area contributed by atoms with Crippen LogP contribution in [0.2, 0.25) is 0 Å². The third-order valence-electron chi connectivity index (χ3n) is 14.5. The van der Waals surface area contributed by atoms with Crippen molar-refractivity contribution in [3.8, 4) is 22.6 Å². The third-order valence-corrected chi connectivity index (χ3v) is 14.5. The van der Waals surface area contributed by atoms with Crippen molar-refractivity contribution < 1.29 is 52.5 Å². The summed E-state index contributed by atoms with van der Waals surface area (Å²) in [6, 6.07) is 23.7. The van der Waals surface area contributed by atoms with Gasteiger partial charge in [-0.2, -0.15) is 10.2 Å². The van der Waals surface area contributed by atoms with Gasteiger partial charge in [0.2, 0.25) is 29.6 Å². The monoisotopic (exact) mass is 1190 g/mol. The fourth-order valence-electron chi connectivity index (χ4n) is 10.6. The lowest BCUT2D eigenvalue weighted by Gasteiger charge is -2.26. The van der Waals surface area contributed by atoms with Crippen molar-refractivity contribution in [2.45, 2.75) is 105 Å². The highest BCUT2D eigenvalue weighted by Crippen LogP contribution is 2.44. The number of hydrogen-bond acceptors (Lipinski definition) is 15. The van der Waals surface area contributed by atoms with Crippen molar-refractivity contribution in [1.29, 1.82) is 0 Å². The minimum absolute atomic E-state index is 0.0205. The smallest absolute Gasteiger partial charge is 0.407 e. The Bertz CT molecular complexity index is 3970. The van der Waals surface area contributed by atoms with Crippen LogP contribution in [0.5, 0.6) is 11.5 Å². The maximum Gasteiger partial charge on any atom is 0.407 e.